The van der Waals surface area contributed by atoms with Gasteiger partial charge < -0.3 is 20.5 Å². The van der Waals surface area contributed by atoms with Crippen molar-refractivity contribution in [3.05, 3.63) is 41.2 Å². The van der Waals surface area contributed by atoms with Gasteiger partial charge in [0.05, 0.1) is 17.0 Å². The number of amides is 1. The van der Waals surface area contributed by atoms with Crippen LogP contribution in [0.25, 0.3) is 10.4 Å². The Labute approximate surface area is 178 Å². The van der Waals surface area contributed by atoms with Gasteiger partial charge in [0, 0.05) is 41.2 Å². The Hall–Kier alpha value is -3.07. The van der Waals surface area contributed by atoms with E-state index in [9.17, 15) is 4.79 Å². The van der Waals surface area contributed by atoms with Crippen LogP contribution in [0.5, 0.6) is 5.75 Å². The summed E-state index contributed by atoms with van der Waals surface area (Å²) in [7, 11) is 1.67. The summed E-state index contributed by atoms with van der Waals surface area (Å²) in [4.78, 5) is 16.7. The molecule has 1 saturated carbocycles. The number of hydrogen-bond acceptors (Lipinski definition) is 7. The molecule has 0 radical (unpaired) electrons. The normalized spacial score (nSPS) is 18.7. The van der Waals surface area contributed by atoms with Gasteiger partial charge in [-0.15, -0.1) is 11.3 Å². The van der Waals surface area contributed by atoms with Crippen LogP contribution in [0.2, 0.25) is 0 Å². The van der Waals surface area contributed by atoms with Crippen molar-refractivity contribution < 1.29 is 14.3 Å². The SMILES string of the molecule is COc1cc(Nc2cc(C)[nH]n2)ccc1-c1cnc(C2CCC(OC(N)=O)CC2)s1. The fraction of sp³-hybridized carbons (Fsp3) is 0.381. The Kier molecular flexibility index (Phi) is 5.89. The van der Waals surface area contributed by atoms with Crippen LogP contribution in [-0.4, -0.2) is 34.5 Å². The van der Waals surface area contributed by atoms with E-state index in [-0.39, 0.29) is 6.10 Å². The molecule has 0 bridgehead atoms. The van der Waals surface area contributed by atoms with Gasteiger partial charge in [0.25, 0.3) is 0 Å². The van der Waals surface area contributed by atoms with Crippen LogP contribution < -0.4 is 15.8 Å². The second-order valence-electron chi connectivity index (χ2n) is 7.45. The van der Waals surface area contributed by atoms with Crippen molar-refractivity contribution in [2.75, 3.05) is 12.4 Å². The number of aromatic amines is 1. The first-order valence-corrected chi connectivity index (χ1v) is 10.7. The van der Waals surface area contributed by atoms with Crippen LogP contribution in [0.4, 0.5) is 16.3 Å². The van der Waals surface area contributed by atoms with E-state index in [0.29, 0.717) is 5.92 Å². The third-order valence-corrected chi connectivity index (χ3v) is 6.47. The van der Waals surface area contributed by atoms with Crippen molar-refractivity contribution in [3.8, 4) is 16.2 Å². The highest BCUT2D eigenvalue weighted by atomic mass is 32.1. The number of H-pyrrole nitrogens is 1. The van der Waals surface area contributed by atoms with Gasteiger partial charge in [-0.1, -0.05) is 0 Å². The predicted octanol–water partition coefficient (Wildman–Crippen LogP) is 4.72. The lowest BCUT2D eigenvalue weighted by Gasteiger charge is -2.26. The van der Waals surface area contributed by atoms with E-state index in [4.69, 9.17) is 15.2 Å². The molecule has 2 heterocycles. The molecule has 0 unspecified atom stereocenters. The highest BCUT2D eigenvalue weighted by Gasteiger charge is 2.26. The third-order valence-electron chi connectivity index (χ3n) is 5.28. The maximum atomic E-state index is 10.9. The first kappa shape index (κ1) is 20.2. The average molecular weight is 428 g/mol. The Morgan fingerprint density at radius 2 is 2.07 bits per heavy atom. The van der Waals surface area contributed by atoms with Gasteiger partial charge in [0.1, 0.15) is 11.9 Å². The van der Waals surface area contributed by atoms with Crippen LogP contribution in [0.15, 0.2) is 30.5 Å². The topological polar surface area (TPSA) is 115 Å². The van der Waals surface area contributed by atoms with Gasteiger partial charge in [0.15, 0.2) is 5.82 Å². The molecule has 0 atom stereocenters. The standard InChI is InChI=1S/C21H25N5O3S/c1-12-9-19(26-25-12)24-14-5-8-16(17(10-14)28-2)18-11-23-20(30-18)13-3-6-15(7-4-13)29-21(22)27/h5,8-11,13,15H,3-4,6-7H2,1-2H3,(H2,22,27)(H2,24,25,26). The number of aryl methyl sites for hydroxylation is 1. The number of thiazole rings is 1. The molecule has 1 aromatic carbocycles. The summed E-state index contributed by atoms with van der Waals surface area (Å²) >= 11 is 1.69. The number of primary amides is 1. The molecule has 0 saturated heterocycles. The molecule has 1 fully saturated rings. The molecular weight excluding hydrogens is 402 g/mol. The molecule has 1 amide bonds. The number of methoxy groups -OCH3 is 1. The molecule has 8 nitrogen and oxygen atoms in total. The number of hydrogen-bond donors (Lipinski definition) is 3. The highest BCUT2D eigenvalue weighted by molar-refractivity contribution is 7.15. The molecule has 2 aromatic heterocycles. The summed E-state index contributed by atoms with van der Waals surface area (Å²) in [6, 6.07) is 7.95. The smallest absolute Gasteiger partial charge is 0.404 e. The molecule has 3 aromatic rings. The maximum absolute atomic E-state index is 10.9. The molecule has 4 N–H and O–H groups in total. The van der Waals surface area contributed by atoms with E-state index in [1.807, 2.05) is 37.4 Å². The number of benzene rings is 1. The maximum Gasteiger partial charge on any atom is 0.404 e. The van der Waals surface area contributed by atoms with Gasteiger partial charge in [-0.05, 0) is 44.7 Å². The monoisotopic (exact) mass is 427 g/mol. The number of ether oxygens (including phenoxy) is 2. The van der Waals surface area contributed by atoms with E-state index < -0.39 is 6.09 Å². The zero-order valence-electron chi connectivity index (χ0n) is 17.0. The van der Waals surface area contributed by atoms with Crippen molar-refractivity contribution in [2.24, 2.45) is 5.73 Å². The molecule has 30 heavy (non-hydrogen) atoms. The molecule has 1 aliphatic carbocycles. The third kappa shape index (κ3) is 4.56. The summed E-state index contributed by atoms with van der Waals surface area (Å²) in [5.74, 6) is 1.92. The molecular formula is C21H25N5O3S. The van der Waals surface area contributed by atoms with Gasteiger partial charge >= 0.3 is 6.09 Å². The summed E-state index contributed by atoms with van der Waals surface area (Å²) < 4.78 is 10.8. The Morgan fingerprint density at radius 3 is 2.73 bits per heavy atom. The van der Waals surface area contributed by atoms with E-state index in [2.05, 4.69) is 20.5 Å². The minimum Gasteiger partial charge on any atom is -0.496 e. The fourth-order valence-corrected chi connectivity index (χ4v) is 4.91. The highest BCUT2D eigenvalue weighted by Crippen LogP contribution is 2.41. The number of anilines is 2. The van der Waals surface area contributed by atoms with Gasteiger partial charge in [-0.25, -0.2) is 9.78 Å². The van der Waals surface area contributed by atoms with E-state index in [1.54, 1.807) is 18.4 Å². The van der Waals surface area contributed by atoms with Gasteiger partial charge in [-0.2, -0.15) is 5.10 Å². The lowest BCUT2D eigenvalue weighted by molar-refractivity contribution is 0.0787. The van der Waals surface area contributed by atoms with Crippen LogP contribution in [0, 0.1) is 6.92 Å². The Morgan fingerprint density at radius 1 is 1.27 bits per heavy atom. The number of carbonyl (C=O) groups is 1. The number of nitrogens with one attached hydrogen (secondary N) is 2. The number of nitrogens with two attached hydrogens (primary N) is 1. The van der Waals surface area contributed by atoms with Crippen LogP contribution in [0.1, 0.15) is 42.3 Å². The van der Waals surface area contributed by atoms with Crippen molar-refractivity contribution in [3.63, 3.8) is 0 Å². The van der Waals surface area contributed by atoms with Crippen molar-refractivity contribution in [1.29, 1.82) is 0 Å². The van der Waals surface area contributed by atoms with E-state index in [0.717, 1.165) is 64.1 Å². The van der Waals surface area contributed by atoms with Crippen LogP contribution in [0.3, 0.4) is 0 Å². The average Bonchev–Trinajstić information content (AvgIpc) is 3.37. The minimum atomic E-state index is -0.692. The fourth-order valence-electron chi connectivity index (χ4n) is 3.80. The lowest BCUT2D eigenvalue weighted by atomic mass is 9.88. The zero-order valence-corrected chi connectivity index (χ0v) is 17.8. The molecule has 0 aliphatic heterocycles. The summed E-state index contributed by atoms with van der Waals surface area (Å²) in [5.41, 5.74) is 8.03. The van der Waals surface area contributed by atoms with Gasteiger partial charge in [0.2, 0.25) is 0 Å². The molecule has 0 spiro atoms. The summed E-state index contributed by atoms with van der Waals surface area (Å²) in [5, 5.41) is 11.5. The predicted molar refractivity (Wildman–Crippen MR) is 116 cm³/mol. The molecule has 4 rings (SSSR count). The van der Waals surface area contributed by atoms with Crippen LogP contribution in [-0.2, 0) is 4.74 Å². The number of aromatic nitrogens is 3. The Bertz CT molecular complexity index is 1020. The molecule has 9 heteroatoms. The van der Waals surface area contributed by atoms with Crippen molar-refractivity contribution in [1.82, 2.24) is 15.2 Å². The second kappa shape index (κ2) is 8.74. The van der Waals surface area contributed by atoms with E-state index >= 15 is 0 Å². The number of carbonyl (C=O) groups excluding carboxylic acids is 1. The van der Waals surface area contributed by atoms with E-state index in [1.165, 1.54) is 0 Å². The largest absolute Gasteiger partial charge is 0.496 e. The quantitative estimate of drug-likeness (QED) is 0.524. The first-order valence-electron chi connectivity index (χ1n) is 9.91. The second-order valence-corrected chi connectivity index (χ2v) is 8.51. The summed E-state index contributed by atoms with van der Waals surface area (Å²) in [6.07, 6.45) is 4.66. The first-order chi connectivity index (χ1) is 14.5. The number of nitrogens with zero attached hydrogens (tertiary/aromatic N) is 2. The molecule has 1 aliphatic rings. The minimum absolute atomic E-state index is 0.0726. The Balaban J connectivity index is 1.47. The number of rotatable bonds is 6. The zero-order chi connectivity index (χ0) is 21.1. The van der Waals surface area contributed by atoms with Crippen molar-refractivity contribution >= 4 is 28.9 Å². The molecule has 158 valence electrons. The van der Waals surface area contributed by atoms with Crippen LogP contribution >= 0.6 is 11.3 Å². The van der Waals surface area contributed by atoms with Gasteiger partial charge in [-0.3, -0.25) is 5.10 Å². The summed E-state index contributed by atoms with van der Waals surface area (Å²) in [6.45, 7) is 1.96. The lowest BCUT2D eigenvalue weighted by Crippen LogP contribution is -2.26. The van der Waals surface area contributed by atoms with Crippen molar-refractivity contribution in [2.45, 2.75) is 44.6 Å².